The van der Waals surface area contributed by atoms with E-state index in [4.69, 9.17) is 11.6 Å². The third-order valence-corrected chi connectivity index (χ3v) is 3.50. The van der Waals surface area contributed by atoms with Gasteiger partial charge in [0.15, 0.2) is 0 Å². The topological polar surface area (TPSA) is 43.4 Å². The Morgan fingerprint density at radius 3 is 2.63 bits per heavy atom. The van der Waals surface area contributed by atoms with Gasteiger partial charge in [-0.15, -0.1) is 0 Å². The number of carbonyl (C=O) groups excluding carboxylic acids is 2. The zero-order valence-corrected chi connectivity index (χ0v) is 10.6. The van der Waals surface area contributed by atoms with Gasteiger partial charge < -0.3 is 4.74 Å². The van der Waals surface area contributed by atoms with E-state index < -0.39 is 23.7 Å². The summed E-state index contributed by atoms with van der Waals surface area (Å²) in [6, 6.07) is 6.12. The zero-order valence-electron chi connectivity index (χ0n) is 9.81. The van der Waals surface area contributed by atoms with Gasteiger partial charge in [-0.25, -0.2) is 0 Å². The van der Waals surface area contributed by atoms with E-state index in [1.807, 2.05) is 0 Å². The molecule has 1 aromatic rings. The Labute approximate surface area is 113 Å². The van der Waals surface area contributed by atoms with Crippen LogP contribution in [-0.4, -0.2) is 17.6 Å². The van der Waals surface area contributed by atoms with Crippen LogP contribution >= 0.6 is 11.6 Å². The normalized spacial score (nSPS) is 22.8. The first-order valence-electron chi connectivity index (χ1n) is 5.75. The lowest BCUT2D eigenvalue weighted by molar-refractivity contribution is -0.121. The molecule has 0 N–H and O–H groups in total. The van der Waals surface area contributed by atoms with Crippen LogP contribution in [-0.2, 0) is 9.59 Å². The maximum atomic E-state index is 12.3. The molecule has 0 amide bonds. The molecule has 2 rings (SSSR count). The molecule has 1 saturated carbocycles. The van der Waals surface area contributed by atoms with E-state index in [1.165, 1.54) is 6.07 Å². The van der Waals surface area contributed by atoms with Crippen molar-refractivity contribution >= 4 is 22.6 Å². The van der Waals surface area contributed by atoms with Crippen LogP contribution in [0.2, 0.25) is 0 Å². The molecule has 1 aliphatic rings. The number of hydrogen-bond donors (Lipinski definition) is 0. The van der Waals surface area contributed by atoms with Crippen molar-refractivity contribution < 1.29 is 23.1 Å². The number of Topliss-reactive ketones (excluding diaryl/α,β-unsaturated/α-hetero) is 1. The highest BCUT2D eigenvalue weighted by Gasteiger charge is 2.38. The van der Waals surface area contributed by atoms with Crippen molar-refractivity contribution in [3.8, 4) is 5.75 Å². The van der Waals surface area contributed by atoms with Gasteiger partial charge in [-0.05, 0) is 24.1 Å². The molecule has 0 radical (unpaired) electrons. The minimum absolute atomic E-state index is 0.0291. The number of hydrogen-bond acceptors (Lipinski definition) is 3. The maximum absolute atomic E-state index is 12.3. The summed E-state index contributed by atoms with van der Waals surface area (Å²) in [6.45, 7) is -2.96. The predicted molar refractivity (Wildman–Crippen MR) is 64.4 cm³/mol. The molecule has 1 fully saturated rings. The molecule has 0 saturated heterocycles. The molecule has 0 heterocycles. The van der Waals surface area contributed by atoms with E-state index in [2.05, 4.69) is 4.74 Å². The van der Waals surface area contributed by atoms with Crippen molar-refractivity contribution in [2.24, 2.45) is 5.92 Å². The average molecular weight is 289 g/mol. The van der Waals surface area contributed by atoms with Crippen LogP contribution in [0.3, 0.4) is 0 Å². The van der Waals surface area contributed by atoms with Gasteiger partial charge in [-0.3, -0.25) is 9.59 Å². The van der Waals surface area contributed by atoms with Gasteiger partial charge in [-0.2, -0.15) is 8.78 Å². The summed E-state index contributed by atoms with van der Waals surface area (Å²) in [7, 11) is 0. The molecular weight excluding hydrogens is 278 g/mol. The lowest BCUT2D eigenvalue weighted by Crippen LogP contribution is -2.09. The van der Waals surface area contributed by atoms with Crippen LogP contribution in [0, 0.1) is 5.92 Å². The van der Waals surface area contributed by atoms with Crippen molar-refractivity contribution in [1.82, 2.24) is 0 Å². The number of alkyl halides is 2. The van der Waals surface area contributed by atoms with Gasteiger partial charge in [0.25, 0.3) is 0 Å². The Morgan fingerprint density at radius 2 is 2.05 bits per heavy atom. The number of benzene rings is 1. The zero-order chi connectivity index (χ0) is 14.0. The highest BCUT2D eigenvalue weighted by atomic mass is 35.5. The summed E-state index contributed by atoms with van der Waals surface area (Å²) in [5.41, 5.74) is 0.383. The quantitative estimate of drug-likeness (QED) is 0.800. The van der Waals surface area contributed by atoms with Crippen molar-refractivity contribution in [2.75, 3.05) is 0 Å². The highest BCUT2D eigenvalue weighted by molar-refractivity contribution is 6.64. The van der Waals surface area contributed by atoms with E-state index in [9.17, 15) is 18.4 Å². The van der Waals surface area contributed by atoms with Gasteiger partial charge >= 0.3 is 6.61 Å². The summed E-state index contributed by atoms with van der Waals surface area (Å²) >= 11 is 5.38. The first-order valence-corrected chi connectivity index (χ1v) is 6.12. The van der Waals surface area contributed by atoms with Crippen LogP contribution in [0.5, 0.6) is 5.75 Å². The lowest BCUT2D eigenvalue weighted by atomic mass is 9.95. The van der Waals surface area contributed by atoms with Crippen molar-refractivity contribution in [3.63, 3.8) is 0 Å². The SMILES string of the molecule is O=C(Cl)[C@@H]1CC(=O)[C@H](c2ccccc2OC(F)F)C1. The summed E-state index contributed by atoms with van der Waals surface area (Å²) in [5.74, 6) is -1.36. The van der Waals surface area contributed by atoms with E-state index >= 15 is 0 Å². The smallest absolute Gasteiger partial charge is 0.387 e. The van der Waals surface area contributed by atoms with Crippen molar-refractivity contribution in [1.29, 1.82) is 0 Å². The van der Waals surface area contributed by atoms with Crippen LogP contribution in [0.25, 0.3) is 0 Å². The van der Waals surface area contributed by atoms with Crippen LogP contribution in [0.4, 0.5) is 8.78 Å². The third-order valence-electron chi connectivity index (χ3n) is 3.19. The van der Waals surface area contributed by atoms with Gasteiger partial charge in [0, 0.05) is 23.8 Å². The summed E-state index contributed by atoms with van der Waals surface area (Å²) in [4.78, 5) is 23.0. The molecule has 0 aliphatic heterocycles. The molecule has 0 aromatic heterocycles. The number of ether oxygens (including phenoxy) is 1. The van der Waals surface area contributed by atoms with Crippen LogP contribution in [0.1, 0.15) is 24.3 Å². The molecule has 0 bridgehead atoms. The lowest BCUT2D eigenvalue weighted by Gasteiger charge is -2.14. The Morgan fingerprint density at radius 1 is 1.37 bits per heavy atom. The predicted octanol–water partition coefficient (Wildman–Crippen LogP) is 3.12. The Kier molecular flexibility index (Phi) is 4.14. The summed E-state index contributed by atoms with van der Waals surface area (Å²) in [6.07, 6.45) is 0.292. The minimum atomic E-state index is -2.96. The van der Waals surface area contributed by atoms with Gasteiger partial charge in [0.2, 0.25) is 5.24 Å². The van der Waals surface area contributed by atoms with Crippen molar-refractivity contribution in [3.05, 3.63) is 29.8 Å². The molecule has 1 aromatic carbocycles. The van der Waals surface area contributed by atoms with Gasteiger partial charge in [0.1, 0.15) is 11.5 Å². The van der Waals surface area contributed by atoms with Gasteiger partial charge in [0.05, 0.1) is 0 Å². The second-order valence-corrected chi connectivity index (χ2v) is 4.75. The molecule has 2 atom stereocenters. The second kappa shape index (κ2) is 5.65. The molecule has 0 unspecified atom stereocenters. The molecular formula is C13H11ClF2O3. The molecule has 3 nitrogen and oxygen atoms in total. The molecule has 6 heteroatoms. The average Bonchev–Trinajstić information content (AvgIpc) is 2.71. The Balaban J connectivity index is 2.27. The minimum Gasteiger partial charge on any atom is -0.435 e. The molecule has 0 spiro atoms. The number of halogens is 3. The van der Waals surface area contributed by atoms with E-state index in [1.54, 1.807) is 18.2 Å². The van der Waals surface area contributed by atoms with Crippen LogP contribution < -0.4 is 4.74 Å². The number of carbonyl (C=O) groups is 2. The standard InChI is InChI=1S/C13H11ClF2O3/c14-12(18)7-5-9(10(17)6-7)8-3-1-2-4-11(8)19-13(15)16/h1-4,7,9,13H,5-6H2/t7-,9-/m0/s1. The molecule has 19 heavy (non-hydrogen) atoms. The van der Waals surface area contributed by atoms with E-state index in [0.29, 0.717) is 5.56 Å². The highest BCUT2D eigenvalue weighted by Crippen LogP contribution is 2.40. The Hall–Kier alpha value is -1.49. The number of ketones is 1. The first-order chi connectivity index (χ1) is 8.99. The fourth-order valence-electron chi connectivity index (χ4n) is 2.33. The van der Waals surface area contributed by atoms with E-state index in [-0.39, 0.29) is 24.4 Å². The fraction of sp³-hybridized carbons (Fsp3) is 0.385. The monoisotopic (exact) mass is 288 g/mol. The largest absolute Gasteiger partial charge is 0.435 e. The first kappa shape index (κ1) is 13.9. The van der Waals surface area contributed by atoms with Crippen LogP contribution in [0.15, 0.2) is 24.3 Å². The van der Waals surface area contributed by atoms with E-state index in [0.717, 1.165) is 0 Å². The third kappa shape index (κ3) is 3.10. The molecule has 102 valence electrons. The molecule has 1 aliphatic carbocycles. The Bertz CT molecular complexity index is 504. The number of para-hydroxylation sites is 1. The second-order valence-electron chi connectivity index (χ2n) is 4.38. The van der Waals surface area contributed by atoms with Gasteiger partial charge in [-0.1, -0.05) is 18.2 Å². The summed E-state index contributed by atoms with van der Waals surface area (Å²) < 4.78 is 29.0. The fourth-order valence-corrected chi connectivity index (χ4v) is 2.50. The summed E-state index contributed by atoms with van der Waals surface area (Å²) in [5, 5.41) is -0.567. The number of rotatable bonds is 4. The maximum Gasteiger partial charge on any atom is 0.387 e. The van der Waals surface area contributed by atoms with Crippen molar-refractivity contribution in [2.45, 2.75) is 25.4 Å².